The second-order valence-electron chi connectivity index (χ2n) is 5.56. The van der Waals surface area contributed by atoms with E-state index in [1.54, 1.807) is 0 Å². The molecule has 4 heteroatoms. The first-order valence-electron chi connectivity index (χ1n) is 7.43. The van der Waals surface area contributed by atoms with Gasteiger partial charge in [-0.3, -0.25) is 9.67 Å². The Bertz CT molecular complexity index is 831. The van der Waals surface area contributed by atoms with Gasteiger partial charge in [0, 0.05) is 6.42 Å². The fourth-order valence-corrected chi connectivity index (χ4v) is 2.95. The van der Waals surface area contributed by atoms with E-state index in [9.17, 15) is 0 Å². The molecule has 22 heavy (non-hydrogen) atoms. The molecule has 0 aliphatic heterocycles. The average molecular weight is 309 g/mol. The van der Waals surface area contributed by atoms with Crippen molar-refractivity contribution in [2.24, 2.45) is 0 Å². The van der Waals surface area contributed by atoms with Crippen LogP contribution < -0.4 is 0 Å². The maximum Gasteiger partial charge on any atom is 0.199 e. The molecule has 112 valence electrons. The third-order valence-corrected chi connectivity index (χ3v) is 4.09. The number of aryl methyl sites for hydroxylation is 4. The monoisotopic (exact) mass is 309 g/mol. The minimum Gasteiger partial charge on any atom is -0.272 e. The Morgan fingerprint density at radius 2 is 1.82 bits per heavy atom. The maximum absolute atomic E-state index is 5.42. The lowest BCUT2D eigenvalue weighted by atomic mass is 10.1. The summed E-state index contributed by atoms with van der Waals surface area (Å²) in [6, 6.07) is 16.8. The smallest absolute Gasteiger partial charge is 0.199 e. The number of benzene rings is 2. The molecule has 0 amide bonds. The predicted octanol–water partition coefficient (Wildman–Crippen LogP) is 4.33. The zero-order valence-corrected chi connectivity index (χ0v) is 13.7. The van der Waals surface area contributed by atoms with E-state index < -0.39 is 0 Å². The summed E-state index contributed by atoms with van der Waals surface area (Å²) in [7, 11) is 0. The molecule has 1 heterocycles. The van der Waals surface area contributed by atoms with Gasteiger partial charge in [-0.25, -0.2) is 0 Å². The van der Waals surface area contributed by atoms with Gasteiger partial charge in [-0.2, -0.15) is 5.10 Å². The van der Waals surface area contributed by atoms with E-state index >= 15 is 0 Å². The normalized spacial score (nSPS) is 10.8. The van der Waals surface area contributed by atoms with Crippen LogP contribution in [-0.4, -0.2) is 14.8 Å². The van der Waals surface area contributed by atoms with E-state index in [2.05, 4.69) is 66.5 Å². The van der Waals surface area contributed by atoms with Gasteiger partial charge in [0.05, 0.1) is 5.69 Å². The van der Waals surface area contributed by atoms with Crippen LogP contribution >= 0.6 is 12.2 Å². The molecule has 0 fully saturated rings. The van der Waals surface area contributed by atoms with Crippen molar-refractivity contribution < 1.29 is 0 Å². The fraction of sp³-hybridized carbons (Fsp3) is 0.222. The minimum atomic E-state index is 0.648. The van der Waals surface area contributed by atoms with Crippen molar-refractivity contribution in [3.63, 3.8) is 0 Å². The summed E-state index contributed by atoms with van der Waals surface area (Å²) in [6.07, 6.45) is 1.80. The summed E-state index contributed by atoms with van der Waals surface area (Å²) in [6.45, 7) is 4.21. The van der Waals surface area contributed by atoms with Crippen LogP contribution in [0, 0.1) is 18.6 Å². The van der Waals surface area contributed by atoms with Gasteiger partial charge in [0.25, 0.3) is 0 Å². The summed E-state index contributed by atoms with van der Waals surface area (Å²) in [5.41, 5.74) is 4.87. The van der Waals surface area contributed by atoms with Gasteiger partial charge in [-0.05, 0) is 49.7 Å². The second kappa shape index (κ2) is 6.28. The van der Waals surface area contributed by atoms with Gasteiger partial charge in [0.2, 0.25) is 0 Å². The number of aromatic nitrogens is 3. The summed E-state index contributed by atoms with van der Waals surface area (Å²) in [4.78, 5) is 0. The van der Waals surface area contributed by atoms with E-state index in [1.165, 1.54) is 16.7 Å². The third-order valence-electron chi connectivity index (χ3n) is 3.82. The van der Waals surface area contributed by atoms with E-state index in [0.717, 1.165) is 24.4 Å². The van der Waals surface area contributed by atoms with E-state index in [1.807, 2.05) is 10.6 Å². The van der Waals surface area contributed by atoms with Crippen molar-refractivity contribution in [2.75, 3.05) is 0 Å². The zero-order chi connectivity index (χ0) is 15.5. The van der Waals surface area contributed by atoms with Gasteiger partial charge < -0.3 is 0 Å². The molecule has 3 rings (SSSR count). The Labute approximate surface area is 135 Å². The van der Waals surface area contributed by atoms with Crippen molar-refractivity contribution in [3.05, 3.63) is 75.8 Å². The average Bonchev–Trinajstić information content (AvgIpc) is 2.87. The minimum absolute atomic E-state index is 0.648. The highest BCUT2D eigenvalue weighted by Crippen LogP contribution is 2.18. The Balaban J connectivity index is 1.92. The van der Waals surface area contributed by atoms with E-state index in [4.69, 9.17) is 12.2 Å². The van der Waals surface area contributed by atoms with Crippen molar-refractivity contribution in [1.29, 1.82) is 0 Å². The Morgan fingerprint density at radius 1 is 1.05 bits per heavy atom. The summed E-state index contributed by atoms with van der Waals surface area (Å²) in [5.74, 6) is 0.973. The van der Waals surface area contributed by atoms with Crippen molar-refractivity contribution in [2.45, 2.75) is 26.7 Å². The summed E-state index contributed by atoms with van der Waals surface area (Å²) < 4.78 is 2.70. The standard InChI is InChI=1S/C18H19N3S/c1-13-8-10-16(14(2)12-13)21-17(19-20-18(21)22)11-9-15-6-4-3-5-7-15/h3-8,10,12H,9,11H2,1-2H3,(H,20,22). The number of nitrogens with zero attached hydrogens (tertiary/aromatic N) is 2. The Kier molecular flexibility index (Phi) is 4.20. The number of rotatable bonds is 4. The molecule has 0 unspecified atom stereocenters. The highest BCUT2D eigenvalue weighted by molar-refractivity contribution is 7.71. The lowest BCUT2D eigenvalue weighted by molar-refractivity contribution is 0.817. The summed E-state index contributed by atoms with van der Waals surface area (Å²) >= 11 is 5.42. The highest BCUT2D eigenvalue weighted by atomic mass is 32.1. The lowest BCUT2D eigenvalue weighted by Gasteiger charge is -2.10. The first-order chi connectivity index (χ1) is 10.6. The van der Waals surface area contributed by atoms with Gasteiger partial charge in [-0.1, -0.05) is 48.0 Å². The van der Waals surface area contributed by atoms with E-state index in [0.29, 0.717) is 4.77 Å². The van der Waals surface area contributed by atoms with Crippen molar-refractivity contribution >= 4 is 12.2 Å². The molecule has 2 aromatic carbocycles. The fourth-order valence-electron chi connectivity index (χ4n) is 2.70. The molecule has 0 aliphatic rings. The number of aromatic amines is 1. The Hall–Kier alpha value is -2.20. The lowest BCUT2D eigenvalue weighted by Crippen LogP contribution is -2.05. The van der Waals surface area contributed by atoms with Crippen LogP contribution in [0.1, 0.15) is 22.5 Å². The molecule has 3 nitrogen and oxygen atoms in total. The van der Waals surface area contributed by atoms with Gasteiger partial charge in [0.15, 0.2) is 4.77 Å². The number of hydrogen-bond acceptors (Lipinski definition) is 2. The number of hydrogen-bond donors (Lipinski definition) is 1. The quantitative estimate of drug-likeness (QED) is 0.728. The first kappa shape index (κ1) is 14.7. The van der Waals surface area contributed by atoms with Crippen LogP contribution in [0.4, 0.5) is 0 Å². The van der Waals surface area contributed by atoms with Crippen molar-refractivity contribution in [1.82, 2.24) is 14.8 Å². The predicted molar refractivity (Wildman–Crippen MR) is 92.1 cm³/mol. The zero-order valence-electron chi connectivity index (χ0n) is 12.8. The summed E-state index contributed by atoms with van der Waals surface area (Å²) in [5, 5.41) is 7.35. The van der Waals surface area contributed by atoms with Crippen LogP contribution in [0.2, 0.25) is 0 Å². The van der Waals surface area contributed by atoms with Crippen LogP contribution in [0.25, 0.3) is 5.69 Å². The molecule has 0 radical (unpaired) electrons. The van der Waals surface area contributed by atoms with Crippen LogP contribution in [-0.2, 0) is 12.8 Å². The third kappa shape index (κ3) is 3.02. The van der Waals surface area contributed by atoms with Gasteiger partial charge in [-0.15, -0.1) is 0 Å². The SMILES string of the molecule is Cc1ccc(-n2c(CCc3ccccc3)n[nH]c2=S)c(C)c1. The molecular weight excluding hydrogens is 290 g/mol. The van der Waals surface area contributed by atoms with E-state index in [-0.39, 0.29) is 0 Å². The van der Waals surface area contributed by atoms with Gasteiger partial charge in [0.1, 0.15) is 5.82 Å². The molecule has 0 bridgehead atoms. The molecule has 0 saturated heterocycles. The molecular formula is C18H19N3S. The number of nitrogens with one attached hydrogen (secondary N) is 1. The molecule has 0 saturated carbocycles. The van der Waals surface area contributed by atoms with Crippen LogP contribution in [0.3, 0.4) is 0 Å². The maximum atomic E-state index is 5.42. The van der Waals surface area contributed by atoms with Crippen LogP contribution in [0.15, 0.2) is 48.5 Å². The first-order valence-corrected chi connectivity index (χ1v) is 7.84. The molecule has 0 spiro atoms. The molecule has 1 aromatic heterocycles. The number of H-pyrrole nitrogens is 1. The topological polar surface area (TPSA) is 33.6 Å². The highest BCUT2D eigenvalue weighted by Gasteiger charge is 2.10. The molecule has 3 aromatic rings. The molecule has 1 N–H and O–H groups in total. The second-order valence-corrected chi connectivity index (χ2v) is 5.94. The largest absolute Gasteiger partial charge is 0.272 e. The molecule has 0 atom stereocenters. The van der Waals surface area contributed by atoms with Gasteiger partial charge >= 0.3 is 0 Å². The van der Waals surface area contributed by atoms with Crippen molar-refractivity contribution in [3.8, 4) is 5.69 Å². The Morgan fingerprint density at radius 3 is 2.55 bits per heavy atom. The molecule has 0 aliphatic carbocycles. The van der Waals surface area contributed by atoms with Crippen LogP contribution in [0.5, 0.6) is 0 Å².